The van der Waals surface area contributed by atoms with Gasteiger partial charge in [-0.1, -0.05) is 12.1 Å². The summed E-state index contributed by atoms with van der Waals surface area (Å²) in [6, 6.07) is 7.18. The number of nitro groups is 1. The molecule has 0 aliphatic carbocycles. The van der Waals surface area contributed by atoms with Gasteiger partial charge in [0.15, 0.2) is 5.69 Å². The second-order valence-electron chi connectivity index (χ2n) is 4.45. The van der Waals surface area contributed by atoms with Gasteiger partial charge in [-0.25, -0.2) is 4.68 Å². The normalized spacial score (nSPS) is 11.9. The number of aliphatic hydroxyl groups excluding tert-OH is 1. The minimum Gasteiger partial charge on any atom is -0.394 e. The van der Waals surface area contributed by atoms with Gasteiger partial charge in [0, 0.05) is 18.3 Å². The molecular weight excluding hydrogens is 276 g/mol. The Bertz CT molecular complexity index is 668. The van der Waals surface area contributed by atoms with Crippen LogP contribution in [0.3, 0.4) is 0 Å². The first-order valence-electron chi connectivity index (χ1n) is 6.24. The lowest BCUT2D eigenvalue weighted by molar-refractivity contribution is -0.384. The number of carbonyl (C=O) groups excluding carboxylic acids is 1. The third-order valence-electron chi connectivity index (χ3n) is 2.80. The van der Waals surface area contributed by atoms with Crippen LogP contribution in [0.25, 0.3) is 5.69 Å². The Hall–Kier alpha value is -2.74. The fourth-order valence-corrected chi connectivity index (χ4v) is 1.73. The predicted molar refractivity (Wildman–Crippen MR) is 74.2 cm³/mol. The molecule has 1 atom stereocenters. The van der Waals surface area contributed by atoms with Gasteiger partial charge in [-0.3, -0.25) is 14.9 Å². The van der Waals surface area contributed by atoms with E-state index in [9.17, 15) is 14.9 Å². The first-order valence-corrected chi connectivity index (χ1v) is 6.24. The quantitative estimate of drug-likeness (QED) is 0.627. The summed E-state index contributed by atoms with van der Waals surface area (Å²) in [6.45, 7) is 1.47. The molecule has 1 amide bonds. The summed E-state index contributed by atoms with van der Waals surface area (Å²) in [4.78, 5) is 22.3. The molecule has 1 aromatic carbocycles. The summed E-state index contributed by atoms with van der Waals surface area (Å²) in [5, 5.41) is 26.5. The van der Waals surface area contributed by atoms with Crippen molar-refractivity contribution in [3.05, 3.63) is 52.3 Å². The Kier molecular flexibility index (Phi) is 4.29. The molecule has 0 aliphatic heterocycles. The Morgan fingerprint density at radius 1 is 1.48 bits per heavy atom. The number of benzene rings is 1. The maximum absolute atomic E-state index is 11.8. The minimum atomic E-state index is -0.509. The molecule has 8 nitrogen and oxygen atoms in total. The molecule has 0 spiro atoms. The van der Waals surface area contributed by atoms with Crippen molar-refractivity contribution in [2.45, 2.75) is 13.0 Å². The second kappa shape index (κ2) is 6.14. The standard InChI is InChI=1S/C13H14N4O4/c1-9(8-18)14-13(19)10-6-7-16(15-10)11-4-2-3-5-12(11)17(20)21/h2-7,9,18H,8H2,1H3,(H,14,19)/t9-/m1/s1. The molecule has 0 unspecified atom stereocenters. The van der Waals surface area contributed by atoms with Crippen molar-refractivity contribution >= 4 is 11.6 Å². The smallest absolute Gasteiger partial charge is 0.294 e. The first-order chi connectivity index (χ1) is 10.0. The Labute approximate surface area is 120 Å². The van der Waals surface area contributed by atoms with Crippen molar-refractivity contribution in [2.75, 3.05) is 6.61 Å². The average molecular weight is 290 g/mol. The summed E-state index contributed by atoms with van der Waals surface area (Å²) in [5.41, 5.74) is 0.293. The number of nitrogens with one attached hydrogen (secondary N) is 1. The molecule has 2 rings (SSSR count). The number of amides is 1. The van der Waals surface area contributed by atoms with Crippen LogP contribution >= 0.6 is 0 Å². The minimum absolute atomic E-state index is 0.101. The van der Waals surface area contributed by atoms with Crippen LogP contribution in [-0.4, -0.2) is 38.4 Å². The van der Waals surface area contributed by atoms with Crippen LogP contribution in [0.1, 0.15) is 17.4 Å². The lowest BCUT2D eigenvalue weighted by atomic mass is 10.3. The summed E-state index contributed by atoms with van der Waals surface area (Å²) in [7, 11) is 0. The van der Waals surface area contributed by atoms with E-state index in [1.165, 1.54) is 23.0 Å². The fourth-order valence-electron chi connectivity index (χ4n) is 1.73. The highest BCUT2D eigenvalue weighted by Crippen LogP contribution is 2.21. The van der Waals surface area contributed by atoms with Crippen molar-refractivity contribution in [3.63, 3.8) is 0 Å². The van der Waals surface area contributed by atoms with Crippen LogP contribution in [0.4, 0.5) is 5.69 Å². The monoisotopic (exact) mass is 290 g/mol. The van der Waals surface area contributed by atoms with E-state index in [1.807, 2.05) is 0 Å². The van der Waals surface area contributed by atoms with Crippen LogP contribution in [0.5, 0.6) is 0 Å². The van der Waals surface area contributed by atoms with Gasteiger partial charge in [0.2, 0.25) is 0 Å². The highest BCUT2D eigenvalue weighted by molar-refractivity contribution is 5.92. The van der Waals surface area contributed by atoms with Gasteiger partial charge in [-0.05, 0) is 19.1 Å². The lowest BCUT2D eigenvalue weighted by Gasteiger charge is -2.08. The lowest BCUT2D eigenvalue weighted by Crippen LogP contribution is -2.35. The van der Waals surface area contributed by atoms with E-state index in [-0.39, 0.29) is 23.7 Å². The number of nitro benzene ring substituents is 1. The molecule has 0 radical (unpaired) electrons. The molecular formula is C13H14N4O4. The average Bonchev–Trinajstić information content (AvgIpc) is 2.96. The zero-order valence-corrected chi connectivity index (χ0v) is 11.3. The van der Waals surface area contributed by atoms with E-state index in [1.54, 1.807) is 25.1 Å². The number of para-hydroxylation sites is 2. The van der Waals surface area contributed by atoms with E-state index in [2.05, 4.69) is 10.4 Å². The van der Waals surface area contributed by atoms with E-state index < -0.39 is 16.9 Å². The van der Waals surface area contributed by atoms with E-state index in [0.717, 1.165) is 0 Å². The molecule has 1 heterocycles. The van der Waals surface area contributed by atoms with Crippen molar-refractivity contribution in [1.82, 2.24) is 15.1 Å². The predicted octanol–water partition coefficient (Wildman–Crippen LogP) is 0.891. The number of hydrogen-bond acceptors (Lipinski definition) is 5. The summed E-state index contributed by atoms with van der Waals surface area (Å²) >= 11 is 0. The molecule has 0 saturated carbocycles. The van der Waals surface area contributed by atoms with Crippen molar-refractivity contribution < 1.29 is 14.8 Å². The highest BCUT2D eigenvalue weighted by Gasteiger charge is 2.17. The van der Waals surface area contributed by atoms with E-state index >= 15 is 0 Å². The number of nitrogens with zero attached hydrogens (tertiary/aromatic N) is 3. The zero-order valence-electron chi connectivity index (χ0n) is 11.3. The Morgan fingerprint density at radius 2 is 2.19 bits per heavy atom. The van der Waals surface area contributed by atoms with E-state index in [0.29, 0.717) is 0 Å². The molecule has 8 heteroatoms. The van der Waals surface area contributed by atoms with Crippen LogP contribution in [-0.2, 0) is 0 Å². The van der Waals surface area contributed by atoms with Crippen LogP contribution in [0.2, 0.25) is 0 Å². The molecule has 2 aromatic rings. The van der Waals surface area contributed by atoms with Gasteiger partial charge in [0.1, 0.15) is 5.69 Å². The number of aromatic nitrogens is 2. The van der Waals surface area contributed by atoms with Gasteiger partial charge in [-0.2, -0.15) is 5.10 Å². The number of aliphatic hydroxyl groups is 1. The van der Waals surface area contributed by atoms with Gasteiger partial charge in [-0.15, -0.1) is 0 Å². The van der Waals surface area contributed by atoms with Crippen LogP contribution < -0.4 is 5.32 Å². The topological polar surface area (TPSA) is 110 Å². The van der Waals surface area contributed by atoms with Gasteiger partial charge < -0.3 is 10.4 Å². The molecule has 21 heavy (non-hydrogen) atoms. The summed E-state index contributed by atoms with van der Waals surface area (Å²) < 4.78 is 1.27. The Morgan fingerprint density at radius 3 is 2.86 bits per heavy atom. The maximum Gasteiger partial charge on any atom is 0.294 e. The number of rotatable bonds is 5. The molecule has 2 N–H and O–H groups in total. The van der Waals surface area contributed by atoms with Crippen molar-refractivity contribution in [2.24, 2.45) is 0 Å². The molecule has 0 fully saturated rings. The largest absolute Gasteiger partial charge is 0.394 e. The molecule has 0 saturated heterocycles. The van der Waals surface area contributed by atoms with Crippen molar-refractivity contribution in [3.8, 4) is 5.69 Å². The van der Waals surface area contributed by atoms with Gasteiger partial charge in [0.25, 0.3) is 11.6 Å². The highest BCUT2D eigenvalue weighted by atomic mass is 16.6. The van der Waals surface area contributed by atoms with Crippen LogP contribution in [0.15, 0.2) is 36.5 Å². The molecule has 110 valence electrons. The number of carbonyl (C=O) groups is 1. The summed E-state index contributed by atoms with van der Waals surface area (Å²) in [6.07, 6.45) is 1.47. The SMILES string of the molecule is C[C@H](CO)NC(=O)c1ccn(-c2ccccc2[N+](=O)[O-])n1. The Balaban J connectivity index is 2.28. The summed E-state index contributed by atoms with van der Waals surface area (Å²) in [5.74, 6) is -0.450. The van der Waals surface area contributed by atoms with Crippen LogP contribution in [0, 0.1) is 10.1 Å². The van der Waals surface area contributed by atoms with Crippen molar-refractivity contribution in [1.29, 1.82) is 0 Å². The number of hydrogen-bond donors (Lipinski definition) is 2. The third kappa shape index (κ3) is 3.23. The molecule has 1 aromatic heterocycles. The maximum atomic E-state index is 11.8. The first kappa shape index (κ1) is 14.7. The second-order valence-corrected chi connectivity index (χ2v) is 4.45. The van der Waals surface area contributed by atoms with E-state index in [4.69, 9.17) is 5.11 Å². The molecule has 0 aliphatic rings. The third-order valence-corrected chi connectivity index (χ3v) is 2.80. The fraction of sp³-hybridized carbons (Fsp3) is 0.231. The zero-order chi connectivity index (χ0) is 15.4. The molecule has 0 bridgehead atoms. The van der Waals surface area contributed by atoms with Gasteiger partial charge in [0.05, 0.1) is 11.5 Å². The van der Waals surface area contributed by atoms with Gasteiger partial charge >= 0.3 is 0 Å².